The molecule has 0 atom stereocenters. The number of carbonyl (C=O) groups is 5. The van der Waals surface area contributed by atoms with Crippen molar-refractivity contribution < 1.29 is 66.6 Å². The smallest absolute Gasteiger partial charge is 0.331 e. The number of unbranched alkanes of at least 4 members (excludes halogenated alkanes) is 4. The fourth-order valence-electron chi connectivity index (χ4n) is 8.57. The summed E-state index contributed by atoms with van der Waals surface area (Å²) >= 11 is 0. The van der Waals surface area contributed by atoms with Crippen molar-refractivity contribution in [1.82, 2.24) is 0 Å². The van der Waals surface area contributed by atoms with Crippen molar-refractivity contribution >= 4 is 29.8 Å². The molecule has 406 valence electrons. The van der Waals surface area contributed by atoms with Crippen molar-refractivity contribution in [2.24, 2.45) is 0 Å². The second-order valence-electron chi connectivity index (χ2n) is 18.4. The summed E-state index contributed by atoms with van der Waals surface area (Å²) in [7, 11) is 1.22. The number of benzene rings is 4. The molecule has 0 spiro atoms. The third kappa shape index (κ3) is 18.1. The Morgan fingerprint density at radius 3 is 0.816 bits per heavy atom. The average Bonchev–Trinajstić information content (AvgIpc) is 3.42. The third-order valence-electron chi connectivity index (χ3n) is 12.3. The van der Waals surface area contributed by atoms with Crippen LogP contribution in [0.25, 0.3) is 0 Å². The van der Waals surface area contributed by atoms with Gasteiger partial charge in [-0.25, -0.2) is 24.0 Å². The van der Waals surface area contributed by atoms with Gasteiger partial charge in [0.2, 0.25) is 0 Å². The lowest BCUT2D eigenvalue weighted by atomic mass is 9.88. The molecule has 0 fully saturated rings. The summed E-state index contributed by atoms with van der Waals surface area (Å²) in [6.07, 6.45) is 13.0. The van der Waals surface area contributed by atoms with E-state index in [0.29, 0.717) is 71.7 Å². The van der Waals surface area contributed by atoms with Gasteiger partial charge in [-0.15, -0.1) is 0 Å². The Balaban J connectivity index is 1.95. The highest BCUT2D eigenvalue weighted by atomic mass is 16.5. The van der Waals surface area contributed by atoms with E-state index in [9.17, 15) is 24.0 Å². The lowest BCUT2D eigenvalue weighted by Gasteiger charge is -2.25. The lowest BCUT2D eigenvalue weighted by Crippen LogP contribution is -2.13. The van der Waals surface area contributed by atoms with Gasteiger partial charge in [0.05, 0.1) is 33.5 Å². The lowest BCUT2D eigenvalue weighted by molar-refractivity contribution is -0.140. The first-order chi connectivity index (χ1) is 36.9. The number of rotatable bonds is 29. The highest BCUT2D eigenvalue weighted by Crippen LogP contribution is 2.41. The summed E-state index contributed by atoms with van der Waals surface area (Å²) in [5.74, 6) is -0.663. The predicted octanol–water partition coefficient (Wildman–Crippen LogP) is 11.5. The fourth-order valence-corrected chi connectivity index (χ4v) is 8.57. The van der Waals surface area contributed by atoms with Crippen LogP contribution in [-0.2, 0) is 99.8 Å². The molecule has 0 unspecified atom stereocenters. The van der Waals surface area contributed by atoms with Crippen LogP contribution in [0.15, 0.2) is 98.6 Å². The Labute approximate surface area is 448 Å². The van der Waals surface area contributed by atoms with Crippen LogP contribution < -0.4 is 18.9 Å². The maximum atomic E-state index is 13.1. The first-order valence-corrected chi connectivity index (χ1v) is 26.3. The highest BCUT2D eigenvalue weighted by molar-refractivity contribution is 5.91. The molecule has 0 amide bonds. The minimum absolute atomic E-state index is 0.0555. The van der Waals surface area contributed by atoms with E-state index < -0.39 is 29.8 Å². The van der Waals surface area contributed by atoms with Gasteiger partial charge in [-0.1, -0.05) is 73.1 Å². The minimum atomic E-state index is -0.745. The van der Waals surface area contributed by atoms with E-state index in [1.165, 1.54) is 7.11 Å². The molecule has 76 heavy (non-hydrogen) atoms. The Morgan fingerprint density at radius 2 is 0.605 bits per heavy atom. The van der Waals surface area contributed by atoms with Gasteiger partial charge in [-0.05, 0) is 141 Å². The standard InChI is InChI=1S/C62H74O14/c1-9-16-22-69-59-46-26-42(38-73-54(63)13-5)27-47(59)35-49-29-44(40-75-56(65)15-7)31-51(61(49)71-24-18-11-3)37-53-33-45(41-76-58(67)21-20-57(66)68-8)32-52(62(53)72-25-19-12-4)36-50-30-43(39-74-55(64)14-6)28-48(34-46)60(50)70-23-17-10-2/h13-15,20-21,26-33H,5-7,9-12,16-19,22-25,34-41H2,1-4,8H3/b21-20-. The van der Waals surface area contributed by atoms with Crippen LogP contribution in [-0.4, -0.2) is 63.4 Å². The molecule has 14 heteroatoms. The highest BCUT2D eigenvalue weighted by Gasteiger charge is 2.26. The molecule has 1 aliphatic rings. The van der Waals surface area contributed by atoms with E-state index in [-0.39, 0.29) is 52.1 Å². The number of esters is 5. The van der Waals surface area contributed by atoms with Gasteiger partial charge in [0.15, 0.2) is 0 Å². The molecule has 14 nitrogen and oxygen atoms in total. The molecular weight excluding hydrogens is 969 g/mol. The van der Waals surface area contributed by atoms with Gasteiger partial charge in [0.1, 0.15) is 49.4 Å². The van der Waals surface area contributed by atoms with Crippen LogP contribution in [0.5, 0.6) is 23.0 Å². The molecule has 0 radical (unpaired) electrons. The summed E-state index contributed by atoms with van der Waals surface area (Å²) in [5.41, 5.74) is 8.92. The van der Waals surface area contributed by atoms with Gasteiger partial charge in [-0.2, -0.15) is 0 Å². The number of hydrogen-bond acceptors (Lipinski definition) is 14. The van der Waals surface area contributed by atoms with E-state index in [2.05, 4.69) is 52.2 Å². The van der Waals surface area contributed by atoms with Crippen molar-refractivity contribution in [3.8, 4) is 23.0 Å². The summed E-state index contributed by atoms with van der Waals surface area (Å²) in [5, 5.41) is 0. The monoisotopic (exact) mass is 1040 g/mol. The molecule has 0 saturated heterocycles. The molecule has 8 bridgehead atoms. The van der Waals surface area contributed by atoms with Crippen LogP contribution in [0.2, 0.25) is 0 Å². The summed E-state index contributed by atoms with van der Waals surface area (Å²) in [6, 6.07) is 15.8. The Bertz CT molecular complexity index is 2580. The average molecular weight is 1040 g/mol. The van der Waals surface area contributed by atoms with Crippen LogP contribution in [0.1, 0.15) is 146 Å². The van der Waals surface area contributed by atoms with Crippen molar-refractivity contribution in [2.75, 3.05) is 33.5 Å². The third-order valence-corrected chi connectivity index (χ3v) is 12.3. The molecular formula is C62H74O14. The summed E-state index contributed by atoms with van der Waals surface area (Å²) < 4.78 is 54.9. The zero-order valence-corrected chi connectivity index (χ0v) is 45.0. The van der Waals surface area contributed by atoms with Crippen molar-refractivity contribution in [2.45, 2.75) is 131 Å². The van der Waals surface area contributed by atoms with Crippen molar-refractivity contribution in [3.05, 3.63) is 165 Å². The number of ether oxygens (including phenoxy) is 9. The van der Waals surface area contributed by atoms with E-state index in [4.69, 9.17) is 37.9 Å². The predicted molar refractivity (Wildman–Crippen MR) is 290 cm³/mol. The molecule has 0 saturated carbocycles. The molecule has 4 aromatic rings. The topological polar surface area (TPSA) is 168 Å². The Morgan fingerprint density at radius 1 is 0.382 bits per heavy atom. The van der Waals surface area contributed by atoms with Crippen molar-refractivity contribution in [3.63, 3.8) is 0 Å². The van der Waals surface area contributed by atoms with Crippen LogP contribution in [0.3, 0.4) is 0 Å². The molecule has 0 aliphatic heterocycles. The van der Waals surface area contributed by atoms with Crippen molar-refractivity contribution in [1.29, 1.82) is 0 Å². The van der Waals surface area contributed by atoms with Gasteiger partial charge in [-0.3, -0.25) is 0 Å². The molecule has 5 rings (SSSR count). The number of carbonyl (C=O) groups excluding carboxylic acids is 5. The largest absolute Gasteiger partial charge is 0.493 e. The zero-order chi connectivity index (χ0) is 54.8. The first-order valence-electron chi connectivity index (χ1n) is 26.3. The normalized spacial score (nSPS) is 11.7. The van der Waals surface area contributed by atoms with E-state index in [0.717, 1.165) is 126 Å². The molecule has 0 N–H and O–H groups in total. The molecule has 1 aliphatic carbocycles. The van der Waals surface area contributed by atoms with Gasteiger partial charge in [0, 0.05) is 56.1 Å². The van der Waals surface area contributed by atoms with Gasteiger partial charge < -0.3 is 42.6 Å². The summed E-state index contributed by atoms with van der Waals surface area (Å²) in [6.45, 7) is 20.5. The molecule has 0 aromatic heterocycles. The molecule has 0 heterocycles. The minimum Gasteiger partial charge on any atom is -0.493 e. The second-order valence-corrected chi connectivity index (χ2v) is 18.4. The quantitative estimate of drug-likeness (QED) is 0.0192. The number of fused-ring (bicyclic) bond motifs is 8. The number of hydrogen-bond donors (Lipinski definition) is 0. The van der Waals surface area contributed by atoms with Crippen LogP contribution in [0.4, 0.5) is 0 Å². The van der Waals surface area contributed by atoms with E-state index in [1.807, 2.05) is 48.5 Å². The Hall–Kier alpha value is -7.61. The maximum Gasteiger partial charge on any atom is 0.331 e. The van der Waals surface area contributed by atoms with Crippen LogP contribution >= 0.6 is 0 Å². The van der Waals surface area contributed by atoms with Gasteiger partial charge >= 0.3 is 29.8 Å². The van der Waals surface area contributed by atoms with Gasteiger partial charge in [0.25, 0.3) is 0 Å². The second kappa shape index (κ2) is 31.3. The fraction of sp³-hybridized carbons (Fsp3) is 0.403. The number of methoxy groups -OCH3 is 1. The molecule has 4 aromatic carbocycles. The SMILES string of the molecule is C=CC(=O)OCc1cc2c(OCCCC)c(c1)Cc1cc(COC(=O)C=C)cc(c1OCCCC)Cc1cc(COC(=O)/C=C\C(=O)OC)cc(c1OCCCC)Cc1cc(COC(=O)C=C)cc(c1OCCCC)C2. The zero-order valence-electron chi connectivity index (χ0n) is 45.0. The first kappa shape index (κ1) is 59.3. The Kier molecular flexibility index (Phi) is 24.4. The van der Waals surface area contributed by atoms with E-state index in [1.54, 1.807) is 0 Å². The summed E-state index contributed by atoms with van der Waals surface area (Å²) in [4.78, 5) is 62.8. The van der Waals surface area contributed by atoms with E-state index >= 15 is 0 Å². The maximum absolute atomic E-state index is 13.1. The van der Waals surface area contributed by atoms with Crippen LogP contribution in [0, 0.1) is 0 Å².